The van der Waals surface area contributed by atoms with E-state index in [0.29, 0.717) is 17.4 Å². The molecule has 0 fully saturated rings. The zero-order valence-corrected chi connectivity index (χ0v) is 48.0. The highest BCUT2D eigenvalue weighted by Crippen LogP contribution is 2.43. The molecule has 0 aliphatic carbocycles. The number of aliphatic hydroxyl groups is 1. The normalized spacial score (nSPS) is 13.9. The molecule has 412 valence electrons. The number of phosphoric ester groups is 1. The Balaban J connectivity index is 4.13. The van der Waals surface area contributed by atoms with Crippen LogP contribution in [-0.2, 0) is 18.4 Å². The van der Waals surface area contributed by atoms with Gasteiger partial charge in [-0.05, 0) is 19.3 Å². The van der Waals surface area contributed by atoms with Gasteiger partial charge >= 0.3 is 7.82 Å². The molecule has 0 saturated carbocycles. The Kier molecular flexibility index (Phi) is 51.5. The molecule has 0 bridgehead atoms. The second-order valence-electron chi connectivity index (χ2n) is 22.4. The summed E-state index contributed by atoms with van der Waals surface area (Å²) in [6.45, 7) is 4.88. The number of rotatable bonds is 57. The Bertz CT molecular complexity index is 1130. The van der Waals surface area contributed by atoms with Crippen LogP contribution in [0.2, 0.25) is 0 Å². The Labute approximate surface area is 431 Å². The van der Waals surface area contributed by atoms with Crippen molar-refractivity contribution in [3.63, 3.8) is 0 Å². The van der Waals surface area contributed by atoms with E-state index < -0.39 is 20.0 Å². The van der Waals surface area contributed by atoms with Crippen molar-refractivity contribution in [2.45, 2.75) is 328 Å². The molecule has 0 aromatic heterocycles. The van der Waals surface area contributed by atoms with Crippen molar-refractivity contribution in [3.8, 4) is 0 Å². The van der Waals surface area contributed by atoms with Gasteiger partial charge in [-0.15, -0.1) is 0 Å². The number of aliphatic hydroxyl groups excluding tert-OH is 1. The number of allylic oxidation sites excluding steroid dienone is 1. The number of amides is 1. The molecule has 0 rings (SSSR count). The maximum atomic E-state index is 13.0. The molecule has 0 aliphatic rings. The van der Waals surface area contributed by atoms with Crippen LogP contribution in [0.25, 0.3) is 0 Å². The summed E-state index contributed by atoms with van der Waals surface area (Å²) in [6.07, 6.45) is 64.6. The van der Waals surface area contributed by atoms with E-state index in [0.717, 1.165) is 32.1 Å². The van der Waals surface area contributed by atoms with Crippen LogP contribution in [0.3, 0.4) is 0 Å². The zero-order chi connectivity index (χ0) is 50.6. The lowest BCUT2D eigenvalue weighted by atomic mass is 10.0. The Morgan fingerprint density at radius 3 is 1.07 bits per heavy atom. The van der Waals surface area contributed by atoms with Crippen LogP contribution in [0.15, 0.2) is 12.2 Å². The monoisotopic (exact) mass is 998 g/mol. The molecule has 0 radical (unpaired) electrons. The van der Waals surface area contributed by atoms with Crippen LogP contribution < -0.4 is 5.32 Å². The Morgan fingerprint density at radius 1 is 0.478 bits per heavy atom. The van der Waals surface area contributed by atoms with Crippen LogP contribution in [0.4, 0.5) is 0 Å². The lowest BCUT2D eigenvalue weighted by Crippen LogP contribution is -2.45. The minimum Gasteiger partial charge on any atom is -0.387 e. The van der Waals surface area contributed by atoms with E-state index in [-0.39, 0.29) is 19.1 Å². The molecule has 3 N–H and O–H groups in total. The van der Waals surface area contributed by atoms with Crippen LogP contribution in [0, 0.1) is 0 Å². The molecule has 0 aromatic rings. The standard InChI is InChI=1S/C60H121N2O6P/c1-6-8-10-12-14-16-18-20-22-24-26-28-29-30-31-32-33-34-35-37-39-41-43-45-47-49-51-53-59(63)58(57-68-69(65,66)67-56-55-62(3,4)5)61-60(64)54-52-50-48-46-44-42-40-38-36-27-25-23-21-19-17-15-13-11-9-7-2/h51,53,58-59,63H,6-50,52,54-57H2,1-5H3,(H-,61,64,65,66)/p+1/b53-51+. The van der Waals surface area contributed by atoms with E-state index in [4.69, 9.17) is 9.05 Å². The molecule has 0 aliphatic heterocycles. The topological polar surface area (TPSA) is 105 Å². The first kappa shape index (κ1) is 68.2. The Morgan fingerprint density at radius 2 is 0.768 bits per heavy atom. The molecular formula is C60H122N2O6P+. The van der Waals surface area contributed by atoms with Gasteiger partial charge in [0.25, 0.3) is 0 Å². The molecule has 69 heavy (non-hydrogen) atoms. The molecule has 3 atom stereocenters. The van der Waals surface area contributed by atoms with Gasteiger partial charge in [0.1, 0.15) is 13.2 Å². The van der Waals surface area contributed by atoms with Gasteiger partial charge in [0, 0.05) is 6.42 Å². The summed E-state index contributed by atoms with van der Waals surface area (Å²) in [6, 6.07) is -0.842. The fourth-order valence-corrected chi connectivity index (χ4v) is 10.2. The minimum atomic E-state index is -4.34. The average Bonchev–Trinajstić information content (AvgIpc) is 3.31. The number of likely N-dealkylation sites (N-methyl/N-ethyl adjacent to an activating group) is 1. The van der Waals surface area contributed by atoms with Gasteiger partial charge in [-0.3, -0.25) is 13.8 Å². The first-order valence-corrected chi connectivity index (χ1v) is 32.1. The predicted molar refractivity (Wildman–Crippen MR) is 300 cm³/mol. The van der Waals surface area contributed by atoms with Crippen LogP contribution in [0.5, 0.6) is 0 Å². The second-order valence-corrected chi connectivity index (χ2v) is 23.9. The molecule has 0 spiro atoms. The number of phosphoric acid groups is 1. The van der Waals surface area contributed by atoms with E-state index in [2.05, 4.69) is 19.2 Å². The summed E-state index contributed by atoms with van der Waals surface area (Å²) in [5, 5.41) is 14.0. The molecule has 3 unspecified atom stereocenters. The zero-order valence-electron chi connectivity index (χ0n) is 47.1. The van der Waals surface area contributed by atoms with Gasteiger partial charge in [0.2, 0.25) is 5.91 Å². The fourth-order valence-electron chi connectivity index (χ4n) is 9.46. The molecule has 9 heteroatoms. The summed E-state index contributed by atoms with van der Waals surface area (Å²) in [5.74, 6) is -0.169. The van der Waals surface area contributed by atoms with Crippen molar-refractivity contribution in [1.29, 1.82) is 0 Å². The van der Waals surface area contributed by atoms with E-state index in [1.165, 1.54) is 263 Å². The largest absolute Gasteiger partial charge is 0.472 e. The smallest absolute Gasteiger partial charge is 0.387 e. The van der Waals surface area contributed by atoms with Crippen molar-refractivity contribution in [1.82, 2.24) is 5.32 Å². The lowest BCUT2D eigenvalue weighted by molar-refractivity contribution is -0.870. The van der Waals surface area contributed by atoms with Crippen molar-refractivity contribution >= 4 is 13.7 Å². The van der Waals surface area contributed by atoms with Gasteiger partial charge in [-0.25, -0.2) is 4.57 Å². The lowest BCUT2D eigenvalue weighted by Gasteiger charge is -2.25. The van der Waals surface area contributed by atoms with Crippen molar-refractivity contribution in [2.75, 3.05) is 40.9 Å². The first-order chi connectivity index (χ1) is 33.5. The van der Waals surface area contributed by atoms with Gasteiger partial charge < -0.3 is 19.8 Å². The highest BCUT2D eigenvalue weighted by Gasteiger charge is 2.27. The quantitative estimate of drug-likeness (QED) is 0.0243. The number of quaternary nitrogens is 1. The SMILES string of the molecule is CCCCCCCCCCCCCCCCCCCCCCCCCCC/C=C/C(O)C(COP(=O)(O)OCC[N+](C)(C)C)NC(=O)CCCCCCCCCCCCCCCCCCCCCC. The molecule has 8 nitrogen and oxygen atoms in total. The molecular weight excluding hydrogens is 876 g/mol. The summed E-state index contributed by atoms with van der Waals surface area (Å²) >= 11 is 0. The van der Waals surface area contributed by atoms with Crippen molar-refractivity contribution < 1.29 is 32.9 Å². The van der Waals surface area contributed by atoms with Gasteiger partial charge in [-0.2, -0.15) is 0 Å². The number of nitrogens with zero attached hydrogens (tertiary/aromatic N) is 1. The van der Waals surface area contributed by atoms with Crippen LogP contribution in [0.1, 0.15) is 316 Å². The molecule has 0 heterocycles. The van der Waals surface area contributed by atoms with E-state index in [9.17, 15) is 19.4 Å². The fraction of sp³-hybridized carbons (Fsp3) is 0.950. The third-order valence-electron chi connectivity index (χ3n) is 14.3. The average molecular weight is 999 g/mol. The number of carbonyl (C=O) groups is 1. The number of unbranched alkanes of at least 4 members (excludes halogenated alkanes) is 44. The summed E-state index contributed by atoms with van der Waals surface area (Å²) in [5.41, 5.74) is 0. The second kappa shape index (κ2) is 52.1. The van der Waals surface area contributed by atoms with Gasteiger partial charge in [0.05, 0.1) is 39.9 Å². The maximum absolute atomic E-state index is 13.0. The minimum absolute atomic E-state index is 0.0653. The molecule has 1 amide bonds. The maximum Gasteiger partial charge on any atom is 0.472 e. The van der Waals surface area contributed by atoms with E-state index in [1.54, 1.807) is 6.08 Å². The van der Waals surface area contributed by atoms with E-state index in [1.807, 2.05) is 27.2 Å². The number of hydrogen-bond acceptors (Lipinski definition) is 5. The van der Waals surface area contributed by atoms with Crippen LogP contribution in [-0.4, -0.2) is 73.4 Å². The molecule has 0 aromatic carbocycles. The third-order valence-corrected chi connectivity index (χ3v) is 15.2. The number of hydrogen-bond donors (Lipinski definition) is 3. The summed E-state index contributed by atoms with van der Waals surface area (Å²) in [7, 11) is 1.59. The van der Waals surface area contributed by atoms with Crippen molar-refractivity contribution in [3.05, 3.63) is 12.2 Å². The highest BCUT2D eigenvalue weighted by atomic mass is 31.2. The number of carbonyl (C=O) groups excluding carboxylic acids is 1. The highest BCUT2D eigenvalue weighted by molar-refractivity contribution is 7.47. The number of nitrogens with one attached hydrogen (secondary N) is 1. The molecule has 0 saturated heterocycles. The summed E-state index contributed by atoms with van der Waals surface area (Å²) in [4.78, 5) is 23.3. The predicted octanol–water partition coefficient (Wildman–Crippen LogP) is 18.6. The summed E-state index contributed by atoms with van der Waals surface area (Å²) < 4.78 is 23.8. The van der Waals surface area contributed by atoms with Crippen LogP contribution >= 0.6 is 7.82 Å². The third kappa shape index (κ3) is 54.8. The van der Waals surface area contributed by atoms with Crippen molar-refractivity contribution in [2.24, 2.45) is 0 Å². The van der Waals surface area contributed by atoms with E-state index >= 15 is 0 Å². The Hall–Kier alpha value is -0.760. The van der Waals surface area contributed by atoms with Gasteiger partial charge in [0.15, 0.2) is 0 Å². The van der Waals surface area contributed by atoms with Gasteiger partial charge in [-0.1, -0.05) is 302 Å². The first-order valence-electron chi connectivity index (χ1n) is 30.6.